The third kappa shape index (κ3) is 7.11. The lowest BCUT2D eigenvalue weighted by Crippen LogP contribution is -2.31. The molecule has 0 atom stereocenters. The first kappa shape index (κ1) is 18.2. The van der Waals surface area contributed by atoms with Gasteiger partial charge in [0, 0.05) is 19.1 Å². The van der Waals surface area contributed by atoms with Crippen molar-refractivity contribution >= 4 is 0 Å². The maximum absolute atomic E-state index is 6.03. The summed E-state index contributed by atoms with van der Waals surface area (Å²) in [5.41, 5.74) is 1.25. The lowest BCUT2D eigenvalue weighted by atomic mass is 10.2. The third-order valence-electron chi connectivity index (χ3n) is 3.53. The fourth-order valence-electron chi connectivity index (χ4n) is 2.29. The van der Waals surface area contributed by atoms with Gasteiger partial charge >= 0.3 is 0 Å². The highest BCUT2D eigenvalue weighted by Gasteiger charge is 2.12. The molecule has 0 aliphatic heterocycles. The van der Waals surface area contributed by atoms with Crippen LogP contribution in [0.15, 0.2) is 10.5 Å². The van der Waals surface area contributed by atoms with Crippen molar-refractivity contribution in [2.75, 3.05) is 33.7 Å². The van der Waals surface area contributed by atoms with Gasteiger partial charge in [0.1, 0.15) is 11.5 Å². The molecule has 4 heteroatoms. The van der Waals surface area contributed by atoms with Crippen molar-refractivity contribution < 1.29 is 4.42 Å². The minimum absolute atomic E-state index is 0.481. The second-order valence-electron chi connectivity index (χ2n) is 6.43. The zero-order valence-electron chi connectivity index (χ0n) is 14.7. The Hall–Kier alpha value is -0.840. The van der Waals surface area contributed by atoms with Crippen LogP contribution in [-0.2, 0) is 13.1 Å². The van der Waals surface area contributed by atoms with Crippen molar-refractivity contribution in [3.8, 4) is 0 Å². The van der Waals surface area contributed by atoms with Crippen LogP contribution < -0.4 is 5.32 Å². The van der Waals surface area contributed by atoms with E-state index in [1.54, 1.807) is 0 Å². The fourth-order valence-corrected chi connectivity index (χ4v) is 2.29. The Kier molecular flexibility index (Phi) is 8.01. The second kappa shape index (κ2) is 9.23. The van der Waals surface area contributed by atoms with Gasteiger partial charge in [-0.05, 0) is 45.6 Å². The van der Waals surface area contributed by atoms with Gasteiger partial charge in [0.05, 0.1) is 13.1 Å². The predicted molar refractivity (Wildman–Crippen MR) is 89.5 cm³/mol. The molecule has 4 nitrogen and oxygen atoms in total. The first-order chi connectivity index (χ1) is 9.92. The van der Waals surface area contributed by atoms with Gasteiger partial charge in [-0.15, -0.1) is 0 Å². The Morgan fingerprint density at radius 1 is 1.19 bits per heavy atom. The van der Waals surface area contributed by atoms with E-state index in [-0.39, 0.29) is 0 Å². The molecule has 0 radical (unpaired) electrons. The molecule has 1 rings (SSSR count). The van der Waals surface area contributed by atoms with Crippen LogP contribution in [0.1, 0.15) is 44.3 Å². The summed E-state index contributed by atoms with van der Waals surface area (Å²) in [6, 6.07) is 2.67. The van der Waals surface area contributed by atoms with E-state index in [2.05, 4.69) is 63.0 Å². The average Bonchev–Trinajstić information content (AvgIpc) is 2.74. The van der Waals surface area contributed by atoms with Gasteiger partial charge in [-0.3, -0.25) is 4.90 Å². The second-order valence-corrected chi connectivity index (χ2v) is 6.43. The minimum atomic E-state index is 0.481. The van der Waals surface area contributed by atoms with E-state index in [9.17, 15) is 0 Å². The van der Waals surface area contributed by atoms with Gasteiger partial charge in [0.25, 0.3) is 0 Å². The predicted octanol–water partition coefficient (Wildman–Crippen LogP) is 2.86. The molecule has 1 heterocycles. The van der Waals surface area contributed by atoms with Crippen molar-refractivity contribution in [1.29, 1.82) is 0 Å². The quantitative estimate of drug-likeness (QED) is 0.719. The maximum atomic E-state index is 6.03. The molecular weight excluding hydrogens is 262 g/mol. The van der Waals surface area contributed by atoms with Crippen LogP contribution in [0.25, 0.3) is 0 Å². The smallest absolute Gasteiger partial charge is 0.120 e. The van der Waals surface area contributed by atoms with Gasteiger partial charge in [0.15, 0.2) is 0 Å². The summed E-state index contributed by atoms with van der Waals surface area (Å²) in [5, 5.41) is 3.42. The van der Waals surface area contributed by atoms with E-state index >= 15 is 0 Å². The van der Waals surface area contributed by atoms with Gasteiger partial charge < -0.3 is 14.6 Å². The summed E-state index contributed by atoms with van der Waals surface area (Å²) in [6.07, 6.45) is 1.18. The van der Waals surface area contributed by atoms with E-state index in [0.717, 1.165) is 44.2 Å². The van der Waals surface area contributed by atoms with Gasteiger partial charge in [0.2, 0.25) is 0 Å². The number of rotatable bonds is 10. The van der Waals surface area contributed by atoms with E-state index in [1.165, 1.54) is 12.0 Å². The fraction of sp³-hybridized carbons (Fsp3) is 0.765. The van der Waals surface area contributed by atoms with Crippen molar-refractivity contribution in [3.63, 3.8) is 0 Å². The highest BCUT2D eigenvalue weighted by atomic mass is 16.3. The molecule has 0 aliphatic rings. The zero-order chi connectivity index (χ0) is 15.8. The summed E-state index contributed by atoms with van der Waals surface area (Å²) < 4.78 is 6.03. The molecule has 0 fully saturated rings. The average molecular weight is 295 g/mol. The molecule has 0 amide bonds. The Balaban J connectivity index is 2.59. The molecule has 1 aromatic rings. The van der Waals surface area contributed by atoms with Crippen LogP contribution in [0.5, 0.6) is 0 Å². The first-order valence-corrected chi connectivity index (χ1v) is 8.11. The van der Waals surface area contributed by atoms with E-state index in [4.69, 9.17) is 4.42 Å². The van der Waals surface area contributed by atoms with Gasteiger partial charge in [-0.1, -0.05) is 20.8 Å². The topological polar surface area (TPSA) is 31.6 Å². The molecule has 0 saturated heterocycles. The number of furan rings is 1. The molecule has 0 aliphatic carbocycles. The molecule has 1 aromatic heterocycles. The standard InChI is InChI=1S/C17H33N3O/c1-7-8-20(10-9-19(5)6)13-16-11-15(4)17(21-16)12-18-14(2)3/h11,14,18H,7-10,12-13H2,1-6H3. The summed E-state index contributed by atoms with van der Waals surface area (Å²) in [6.45, 7) is 13.7. The van der Waals surface area contributed by atoms with E-state index in [1.807, 2.05) is 0 Å². The molecule has 0 aromatic carbocycles. The Morgan fingerprint density at radius 2 is 1.90 bits per heavy atom. The van der Waals surface area contributed by atoms with Crippen LogP contribution in [0.4, 0.5) is 0 Å². The van der Waals surface area contributed by atoms with Crippen LogP contribution >= 0.6 is 0 Å². The molecule has 0 spiro atoms. The summed E-state index contributed by atoms with van der Waals surface area (Å²) >= 11 is 0. The normalized spacial score (nSPS) is 12.0. The SMILES string of the molecule is CCCN(CCN(C)C)Cc1cc(C)c(CNC(C)C)o1. The first-order valence-electron chi connectivity index (χ1n) is 8.11. The molecule has 0 unspecified atom stereocenters. The van der Waals surface area contributed by atoms with Crippen molar-refractivity contribution in [2.24, 2.45) is 0 Å². The molecule has 0 saturated carbocycles. The lowest BCUT2D eigenvalue weighted by Gasteiger charge is -2.22. The molecule has 1 N–H and O–H groups in total. The summed E-state index contributed by atoms with van der Waals surface area (Å²) in [5.74, 6) is 2.16. The molecule has 21 heavy (non-hydrogen) atoms. The van der Waals surface area contributed by atoms with Crippen molar-refractivity contribution in [1.82, 2.24) is 15.1 Å². The van der Waals surface area contributed by atoms with Crippen LogP contribution in [0.3, 0.4) is 0 Å². The van der Waals surface area contributed by atoms with Crippen LogP contribution in [0, 0.1) is 6.92 Å². The molecule has 122 valence electrons. The zero-order valence-corrected chi connectivity index (χ0v) is 14.7. The van der Waals surface area contributed by atoms with E-state index < -0.39 is 0 Å². The van der Waals surface area contributed by atoms with Crippen molar-refractivity contribution in [2.45, 2.75) is 53.2 Å². The molecular formula is C17H33N3O. The number of nitrogens with zero attached hydrogens (tertiary/aromatic N) is 2. The number of aryl methyl sites for hydroxylation is 1. The summed E-state index contributed by atoms with van der Waals surface area (Å²) in [4.78, 5) is 4.70. The van der Waals surface area contributed by atoms with Crippen LogP contribution in [0.2, 0.25) is 0 Å². The third-order valence-corrected chi connectivity index (χ3v) is 3.53. The lowest BCUT2D eigenvalue weighted by molar-refractivity contribution is 0.216. The Bertz CT molecular complexity index is 399. The van der Waals surface area contributed by atoms with Crippen molar-refractivity contribution in [3.05, 3.63) is 23.2 Å². The largest absolute Gasteiger partial charge is 0.463 e. The number of likely N-dealkylation sites (N-methyl/N-ethyl adjacent to an activating group) is 1. The number of nitrogens with one attached hydrogen (secondary N) is 1. The van der Waals surface area contributed by atoms with E-state index in [0.29, 0.717) is 6.04 Å². The van der Waals surface area contributed by atoms with Gasteiger partial charge in [-0.25, -0.2) is 0 Å². The maximum Gasteiger partial charge on any atom is 0.120 e. The Morgan fingerprint density at radius 3 is 2.48 bits per heavy atom. The number of hydrogen-bond donors (Lipinski definition) is 1. The van der Waals surface area contributed by atoms with Gasteiger partial charge in [-0.2, -0.15) is 0 Å². The highest BCUT2D eigenvalue weighted by Crippen LogP contribution is 2.16. The van der Waals surface area contributed by atoms with Crippen LogP contribution in [-0.4, -0.2) is 49.6 Å². The highest BCUT2D eigenvalue weighted by molar-refractivity contribution is 5.20. The minimum Gasteiger partial charge on any atom is -0.463 e. The Labute approximate surface area is 130 Å². The summed E-state index contributed by atoms with van der Waals surface area (Å²) in [7, 11) is 4.24. The number of hydrogen-bond acceptors (Lipinski definition) is 4. The monoisotopic (exact) mass is 295 g/mol. The molecule has 0 bridgehead atoms.